The van der Waals surface area contributed by atoms with Crippen LogP contribution in [0.15, 0.2) is 24.8 Å². The van der Waals surface area contributed by atoms with Gasteiger partial charge in [-0.15, -0.1) is 0 Å². The molecule has 0 aromatic carbocycles. The van der Waals surface area contributed by atoms with Crippen molar-refractivity contribution in [3.63, 3.8) is 0 Å². The summed E-state index contributed by atoms with van der Waals surface area (Å²) in [7, 11) is -1.55. The normalized spacial score (nSPS) is 18.0. The van der Waals surface area contributed by atoms with Gasteiger partial charge in [0.15, 0.2) is 0 Å². The van der Waals surface area contributed by atoms with Crippen molar-refractivity contribution in [3.8, 4) is 0 Å². The van der Waals surface area contributed by atoms with Gasteiger partial charge in [0.2, 0.25) is 10.0 Å². The van der Waals surface area contributed by atoms with Crippen LogP contribution in [0.2, 0.25) is 0 Å². The number of fused-ring (bicyclic) bond motifs is 1. The molecule has 1 unspecified atom stereocenters. The Morgan fingerprint density at radius 1 is 1.48 bits per heavy atom. The van der Waals surface area contributed by atoms with Gasteiger partial charge >= 0.3 is 0 Å². The molecule has 0 spiro atoms. The van der Waals surface area contributed by atoms with Gasteiger partial charge in [-0.25, -0.2) is 18.1 Å². The van der Waals surface area contributed by atoms with Crippen molar-refractivity contribution >= 4 is 15.9 Å². The third kappa shape index (κ3) is 3.42. The number of aromatic nitrogens is 4. The van der Waals surface area contributed by atoms with E-state index in [1.165, 1.54) is 0 Å². The van der Waals surface area contributed by atoms with Crippen molar-refractivity contribution in [2.24, 2.45) is 7.05 Å². The van der Waals surface area contributed by atoms with Gasteiger partial charge < -0.3 is 9.47 Å². The maximum absolute atomic E-state index is 12.6. The Hall–Kier alpha value is -2.20. The standard InChI is InChI=1S/C13H18N6O3S/c1-17-4-3-12(16-17)13(20)18-7-10-5-14-9-19(10)11(8-18)6-15-23(2,21)22/h3-5,9,11,15H,6-8H2,1-2H3. The first kappa shape index (κ1) is 15.7. The molecule has 2 aromatic rings. The summed E-state index contributed by atoms with van der Waals surface area (Å²) in [6.07, 6.45) is 6.17. The Kier molecular flexibility index (Phi) is 3.94. The van der Waals surface area contributed by atoms with Crippen molar-refractivity contribution in [1.82, 2.24) is 29.0 Å². The van der Waals surface area contributed by atoms with Crippen LogP contribution < -0.4 is 4.72 Å². The first-order valence-corrected chi connectivity index (χ1v) is 8.97. The highest BCUT2D eigenvalue weighted by molar-refractivity contribution is 7.88. The molecule has 1 amide bonds. The molecule has 1 atom stereocenters. The van der Waals surface area contributed by atoms with Crippen molar-refractivity contribution in [2.75, 3.05) is 19.3 Å². The minimum Gasteiger partial charge on any atom is -0.329 e. The zero-order valence-electron chi connectivity index (χ0n) is 12.9. The zero-order valence-corrected chi connectivity index (χ0v) is 13.7. The summed E-state index contributed by atoms with van der Waals surface area (Å²) in [5, 5.41) is 4.13. The molecule has 1 aliphatic rings. The Morgan fingerprint density at radius 3 is 2.91 bits per heavy atom. The molecule has 9 nitrogen and oxygen atoms in total. The fourth-order valence-electron chi connectivity index (χ4n) is 2.64. The third-order valence-corrected chi connectivity index (χ3v) is 4.42. The minimum atomic E-state index is -3.30. The number of hydrogen-bond acceptors (Lipinski definition) is 5. The second-order valence-corrected chi connectivity index (χ2v) is 7.46. The van der Waals surface area contributed by atoms with E-state index in [1.54, 1.807) is 41.4 Å². The SMILES string of the molecule is Cn1ccc(C(=O)N2Cc3cncn3C(CNS(C)(=O)=O)C2)n1. The number of imidazole rings is 1. The van der Waals surface area contributed by atoms with Crippen LogP contribution in [0.5, 0.6) is 0 Å². The van der Waals surface area contributed by atoms with Crippen LogP contribution in [0.4, 0.5) is 0 Å². The lowest BCUT2D eigenvalue weighted by molar-refractivity contribution is 0.0673. The van der Waals surface area contributed by atoms with E-state index in [1.807, 2.05) is 4.57 Å². The van der Waals surface area contributed by atoms with Gasteiger partial charge in [-0.3, -0.25) is 9.48 Å². The van der Waals surface area contributed by atoms with Gasteiger partial charge in [-0.1, -0.05) is 0 Å². The molecule has 0 fully saturated rings. The number of amides is 1. The summed E-state index contributed by atoms with van der Waals surface area (Å²) in [5.74, 6) is -0.178. The van der Waals surface area contributed by atoms with Gasteiger partial charge in [-0.2, -0.15) is 5.10 Å². The minimum absolute atomic E-state index is 0.178. The highest BCUT2D eigenvalue weighted by Crippen LogP contribution is 2.22. The quantitative estimate of drug-likeness (QED) is 0.799. The second kappa shape index (κ2) is 5.78. The van der Waals surface area contributed by atoms with Crippen molar-refractivity contribution in [3.05, 3.63) is 36.2 Å². The molecular weight excluding hydrogens is 320 g/mol. The van der Waals surface area contributed by atoms with Gasteiger partial charge in [0.05, 0.1) is 30.9 Å². The van der Waals surface area contributed by atoms with Crippen LogP contribution in [0, 0.1) is 0 Å². The highest BCUT2D eigenvalue weighted by Gasteiger charge is 2.29. The summed E-state index contributed by atoms with van der Waals surface area (Å²) in [6, 6.07) is 1.46. The lowest BCUT2D eigenvalue weighted by atomic mass is 10.1. The van der Waals surface area contributed by atoms with E-state index in [9.17, 15) is 13.2 Å². The van der Waals surface area contributed by atoms with E-state index in [0.29, 0.717) is 18.8 Å². The van der Waals surface area contributed by atoms with Crippen LogP contribution >= 0.6 is 0 Å². The van der Waals surface area contributed by atoms with Crippen molar-refractivity contribution in [2.45, 2.75) is 12.6 Å². The number of rotatable bonds is 4. The molecule has 10 heteroatoms. The Morgan fingerprint density at radius 2 is 2.26 bits per heavy atom. The molecule has 0 aliphatic carbocycles. The molecule has 124 valence electrons. The molecular formula is C13H18N6O3S. The first-order valence-electron chi connectivity index (χ1n) is 7.08. The van der Waals surface area contributed by atoms with Gasteiger partial charge in [0.25, 0.3) is 5.91 Å². The van der Waals surface area contributed by atoms with Crippen LogP contribution in [0.1, 0.15) is 22.2 Å². The Bertz CT molecular complexity index is 824. The molecule has 0 saturated carbocycles. The number of carbonyl (C=O) groups is 1. The predicted octanol–water partition coefficient (Wildman–Crippen LogP) is -0.637. The second-order valence-electron chi connectivity index (χ2n) is 5.63. The first-order chi connectivity index (χ1) is 10.8. The maximum atomic E-state index is 12.6. The Balaban J connectivity index is 1.81. The monoisotopic (exact) mass is 338 g/mol. The van der Waals surface area contributed by atoms with E-state index < -0.39 is 10.0 Å². The summed E-state index contributed by atoms with van der Waals surface area (Å²) in [5.41, 5.74) is 1.23. The van der Waals surface area contributed by atoms with Gasteiger partial charge in [0, 0.05) is 32.5 Å². The lowest BCUT2D eigenvalue weighted by Crippen LogP contribution is -2.44. The van der Waals surface area contributed by atoms with Crippen molar-refractivity contribution < 1.29 is 13.2 Å². The van der Waals surface area contributed by atoms with Gasteiger partial charge in [-0.05, 0) is 6.07 Å². The number of hydrogen-bond donors (Lipinski definition) is 1. The van der Waals surface area contributed by atoms with Crippen LogP contribution in [-0.2, 0) is 23.6 Å². The number of carbonyl (C=O) groups excluding carboxylic acids is 1. The third-order valence-electron chi connectivity index (χ3n) is 3.72. The van der Waals surface area contributed by atoms with E-state index in [2.05, 4.69) is 14.8 Å². The summed E-state index contributed by atoms with van der Waals surface area (Å²) >= 11 is 0. The molecule has 2 aromatic heterocycles. The number of nitrogens with zero attached hydrogens (tertiary/aromatic N) is 5. The number of aryl methyl sites for hydroxylation is 1. The summed E-state index contributed by atoms with van der Waals surface area (Å²) < 4.78 is 28.6. The fraction of sp³-hybridized carbons (Fsp3) is 0.462. The van der Waals surface area contributed by atoms with Crippen LogP contribution in [-0.4, -0.2) is 57.9 Å². The molecule has 3 heterocycles. The smallest absolute Gasteiger partial charge is 0.274 e. The number of sulfonamides is 1. The summed E-state index contributed by atoms with van der Waals surface area (Å²) in [6.45, 7) is 1.01. The molecule has 0 saturated heterocycles. The lowest BCUT2D eigenvalue weighted by Gasteiger charge is -2.34. The Labute approximate surface area is 134 Å². The molecule has 0 radical (unpaired) electrons. The number of nitrogens with one attached hydrogen (secondary N) is 1. The maximum Gasteiger partial charge on any atom is 0.274 e. The largest absolute Gasteiger partial charge is 0.329 e. The van der Waals surface area contributed by atoms with Gasteiger partial charge in [0.1, 0.15) is 5.69 Å². The predicted molar refractivity (Wildman–Crippen MR) is 82.1 cm³/mol. The van der Waals surface area contributed by atoms with E-state index >= 15 is 0 Å². The van der Waals surface area contributed by atoms with E-state index in [4.69, 9.17) is 0 Å². The van der Waals surface area contributed by atoms with E-state index in [0.717, 1.165) is 11.9 Å². The average molecular weight is 338 g/mol. The van der Waals surface area contributed by atoms with Crippen LogP contribution in [0.3, 0.4) is 0 Å². The van der Waals surface area contributed by atoms with E-state index in [-0.39, 0.29) is 18.5 Å². The van der Waals surface area contributed by atoms with Crippen molar-refractivity contribution in [1.29, 1.82) is 0 Å². The molecule has 0 bridgehead atoms. The topological polar surface area (TPSA) is 102 Å². The molecule has 1 aliphatic heterocycles. The molecule has 23 heavy (non-hydrogen) atoms. The summed E-state index contributed by atoms with van der Waals surface area (Å²) in [4.78, 5) is 18.3. The van der Waals surface area contributed by atoms with Crippen LogP contribution in [0.25, 0.3) is 0 Å². The average Bonchev–Trinajstić information content (AvgIpc) is 3.11. The highest BCUT2D eigenvalue weighted by atomic mass is 32.2. The fourth-order valence-corrected chi connectivity index (χ4v) is 3.14. The molecule has 3 rings (SSSR count). The molecule has 1 N–H and O–H groups in total. The zero-order chi connectivity index (χ0) is 16.6.